The summed E-state index contributed by atoms with van der Waals surface area (Å²) < 4.78 is 7.73. The zero-order chi connectivity index (χ0) is 17.6. The number of aliphatic imine (C=N–C) groups is 1. The van der Waals surface area contributed by atoms with E-state index in [0.717, 1.165) is 63.1 Å². The number of nitrogens with one attached hydrogen (secondary N) is 1. The van der Waals surface area contributed by atoms with Gasteiger partial charge in [-0.25, -0.2) is 4.98 Å². The first-order valence-corrected chi connectivity index (χ1v) is 9.18. The molecule has 1 N–H and O–H groups in total. The summed E-state index contributed by atoms with van der Waals surface area (Å²) in [6.45, 7) is 9.34. The van der Waals surface area contributed by atoms with Crippen molar-refractivity contribution in [1.82, 2.24) is 19.8 Å². The number of rotatable bonds is 6. The van der Waals surface area contributed by atoms with Gasteiger partial charge in [-0.05, 0) is 32.4 Å². The summed E-state index contributed by atoms with van der Waals surface area (Å²) in [6, 6.07) is 8.27. The maximum Gasteiger partial charge on any atom is 0.193 e. The minimum Gasteiger partial charge on any atom is -0.381 e. The van der Waals surface area contributed by atoms with Crippen molar-refractivity contribution in [2.75, 3.05) is 39.9 Å². The highest BCUT2D eigenvalue weighted by atomic mass is 127. The average molecular weight is 471 g/mol. The van der Waals surface area contributed by atoms with Crippen LogP contribution >= 0.6 is 24.0 Å². The molecule has 0 saturated carbocycles. The molecule has 1 unspecified atom stereocenters. The third-order valence-electron chi connectivity index (χ3n) is 4.68. The zero-order valence-electron chi connectivity index (χ0n) is 15.9. The number of aryl methyl sites for hydroxylation is 1. The molecule has 0 amide bonds. The molecule has 3 rings (SSSR count). The van der Waals surface area contributed by atoms with Gasteiger partial charge in [0, 0.05) is 39.2 Å². The molecule has 1 aliphatic heterocycles. The molecule has 0 aliphatic carbocycles. The predicted molar refractivity (Wildman–Crippen MR) is 117 cm³/mol. The lowest BCUT2D eigenvalue weighted by Crippen LogP contribution is -2.41. The SMILES string of the molecule is CCNC(=NCCn1c(C)nc2ccccc21)N(C)CC1CCOC1.I. The Labute approximate surface area is 173 Å². The van der Waals surface area contributed by atoms with Gasteiger partial charge in [0.25, 0.3) is 0 Å². The molecular formula is C19H30IN5O. The van der Waals surface area contributed by atoms with Gasteiger partial charge in [0.1, 0.15) is 5.82 Å². The number of guanidine groups is 1. The number of halogens is 1. The van der Waals surface area contributed by atoms with Crippen molar-refractivity contribution in [3.8, 4) is 0 Å². The van der Waals surface area contributed by atoms with Crippen molar-refractivity contribution in [2.24, 2.45) is 10.9 Å². The van der Waals surface area contributed by atoms with Crippen LogP contribution in [0.15, 0.2) is 29.3 Å². The minimum absolute atomic E-state index is 0. The van der Waals surface area contributed by atoms with E-state index in [0.29, 0.717) is 5.92 Å². The van der Waals surface area contributed by atoms with Crippen molar-refractivity contribution in [2.45, 2.75) is 26.8 Å². The van der Waals surface area contributed by atoms with Crippen LogP contribution in [0, 0.1) is 12.8 Å². The van der Waals surface area contributed by atoms with Crippen LogP contribution < -0.4 is 5.32 Å². The zero-order valence-corrected chi connectivity index (χ0v) is 18.3. The molecule has 1 atom stereocenters. The first-order chi connectivity index (χ1) is 12.2. The highest BCUT2D eigenvalue weighted by Gasteiger charge is 2.19. The first-order valence-electron chi connectivity index (χ1n) is 9.18. The fourth-order valence-corrected chi connectivity index (χ4v) is 3.40. The standard InChI is InChI=1S/C19H29N5O.HI/c1-4-20-19(23(3)13-16-9-12-25-14-16)21-10-11-24-15(2)22-17-7-5-6-8-18(17)24;/h5-8,16H,4,9-14H2,1-3H3,(H,20,21);1H. The second-order valence-corrected chi connectivity index (χ2v) is 6.65. The van der Waals surface area contributed by atoms with E-state index < -0.39 is 0 Å². The number of aromatic nitrogens is 2. The van der Waals surface area contributed by atoms with Gasteiger partial charge in [0.05, 0.1) is 24.2 Å². The van der Waals surface area contributed by atoms with Crippen LogP contribution in [0.3, 0.4) is 0 Å². The number of hydrogen-bond donors (Lipinski definition) is 1. The van der Waals surface area contributed by atoms with E-state index in [2.05, 4.69) is 58.9 Å². The second-order valence-electron chi connectivity index (χ2n) is 6.65. The van der Waals surface area contributed by atoms with Crippen LogP contribution in [0.25, 0.3) is 11.0 Å². The van der Waals surface area contributed by atoms with Gasteiger partial charge in [-0.15, -0.1) is 24.0 Å². The maximum atomic E-state index is 5.48. The van der Waals surface area contributed by atoms with E-state index >= 15 is 0 Å². The van der Waals surface area contributed by atoms with Crippen molar-refractivity contribution >= 4 is 41.0 Å². The molecule has 0 spiro atoms. The third-order valence-corrected chi connectivity index (χ3v) is 4.68. The molecule has 26 heavy (non-hydrogen) atoms. The molecule has 1 aromatic heterocycles. The Bertz CT molecular complexity index is 724. The third kappa shape index (κ3) is 5.09. The highest BCUT2D eigenvalue weighted by Crippen LogP contribution is 2.15. The molecule has 2 aromatic rings. The number of ether oxygens (including phenoxy) is 1. The molecule has 0 radical (unpaired) electrons. The van der Waals surface area contributed by atoms with Crippen molar-refractivity contribution in [1.29, 1.82) is 0 Å². The van der Waals surface area contributed by atoms with Gasteiger partial charge in [0.15, 0.2) is 5.96 Å². The van der Waals surface area contributed by atoms with E-state index in [1.165, 1.54) is 5.52 Å². The summed E-state index contributed by atoms with van der Waals surface area (Å²) in [5, 5.41) is 3.40. The van der Waals surface area contributed by atoms with E-state index in [1.807, 2.05) is 6.07 Å². The lowest BCUT2D eigenvalue weighted by Gasteiger charge is -2.24. The molecule has 1 fully saturated rings. The number of benzene rings is 1. The van der Waals surface area contributed by atoms with Gasteiger partial charge in [0.2, 0.25) is 0 Å². The lowest BCUT2D eigenvalue weighted by atomic mass is 10.1. The van der Waals surface area contributed by atoms with Crippen LogP contribution in [0.2, 0.25) is 0 Å². The Morgan fingerprint density at radius 1 is 1.42 bits per heavy atom. The van der Waals surface area contributed by atoms with Crippen molar-refractivity contribution in [3.05, 3.63) is 30.1 Å². The Hall–Kier alpha value is -1.35. The molecule has 0 bridgehead atoms. The Morgan fingerprint density at radius 3 is 2.96 bits per heavy atom. The number of nitrogens with zero attached hydrogens (tertiary/aromatic N) is 4. The van der Waals surface area contributed by atoms with Crippen LogP contribution in [-0.4, -0.2) is 60.3 Å². The van der Waals surface area contributed by atoms with Gasteiger partial charge in [-0.1, -0.05) is 12.1 Å². The molecule has 144 valence electrons. The molecule has 1 saturated heterocycles. The summed E-state index contributed by atoms with van der Waals surface area (Å²) in [5.41, 5.74) is 2.23. The quantitative estimate of drug-likeness (QED) is 0.400. The Morgan fingerprint density at radius 2 is 2.23 bits per heavy atom. The Kier molecular flexibility index (Phi) is 8.15. The summed E-state index contributed by atoms with van der Waals surface area (Å²) >= 11 is 0. The summed E-state index contributed by atoms with van der Waals surface area (Å²) in [6.07, 6.45) is 1.14. The fraction of sp³-hybridized carbons (Fsp3) is 0.579. The molecule has 2 heterocycles. The van der Waals surface area contributed by atoms with E-state index in [4.69, 9.17) is 9.73 Å². The van der Waals surface area contributed by atoms with Gasteiger partial charge in [-0.2, -0.15) is 0 Å². The summed E-state index contributed by atoms with van der Waals surface area (Å²) in [4.78, 5) is 11.7. The maximum absolute atomic E-state index is 5.48. The molecule has 7 heteroatoms. The topological polar surface area (TPSA) is 54.7 Å². The van der Waals surface area contributed by atoms with Crippen molar-refractivity contribution in [3.63, 3.8) is 0 Å². The monoisotopic (exact) mass is 471 g/mol. The van der Waals surface area contributed by atoms with E-state index in [1.54, 1.807) is 0 Å². The van der Waals surface area contributed by atoms with E-state index in [-0.39, 0.29) is 24.0 Å². The number of fused-ring (bicyclic) bond motifs is 1. The molecular weight excluding hydrogens is 441 g/mol. The number of imidazole rings is 1. The fourth-order valence-electron chi connectivity index (χ4n) is 3.40. The first kappa shape index (κ1) is 21.0. The summed E-state index contributed by atoms with van der Waals surface area (Å²) in [7, 11) is 2.11. The number of para-hydroxylation sites is 2. The van der Waals surface area contributed by atoms with Gasteiger partial charge >= 0.3 is 0 Å². The molecule has 1 aromatic carbocycles. The van der Waals surface area contributed by atoms with Crippen LogP contribution in [-0.2, 0) is 11.3 Å². The smallest absolute Gasteiger partial charge is 0.193 e. The van der Waals surface area contributed by atoms with E-state index in [9.17, 15) is 0 Å². The van der Waals surface area contributed by atoms with Gasteiger partial charge in [-0.3, -0.25) is 4.99 Å². The molecule has 1 aliphatic rings. The normalized spacial score (nSPS) is 17.3. The van der Waals surface area contributed by atoms with Gasteiger partial charge < -0.3 is 19.5 Å². The highest BCUT2D eigenvalue weighted by molar-refractivity contribution is 14.0. The second kappa shape index (κ2) is 10.1. The van der Waals surface area contributed by atoms with Crippen LogP contribution in [0.4, 0.5) is 0 Å². The minimum atomic E-state index is 0. The van der Waals surface area contributed by atoms with Crippen LogP contribution in [0.1, 0.15) is 19.2 Å². The summed E-state index contributed by atoms with van der Waals surface area (Å²) in [5.74, 6) is 2.61. The average Bonchev–Trinajstić information content (AvgIpc) is 3.22. The predicted octanol–water partition coefficient (Wildman–Crippen LogP) is 2.90. The molecule has 6 nitrogen and oxygen atoms in total. The Balaban J connectivity index is 0.00000243. The van der Waals surface area contributed by atoms with Crippen LogP contribution in [0.5, 0.6) is 0 Å². The van der Waals surface area contributed by atoms with Crippen molar-refractivity contribution < 1.29 is 4.74 Å². The number of hydrogen-bond acceptors (Lipinski definition) is 3. The largest absolute Gasteiger partial charge is 0.381 e. The lowest BCUT2D eigenvalue weighted by molar-refractivity contribution is 0.181.